The standard InChI is InChI=1S/C9H14O3/c1-7-6-9(3-2-8(7)10)11-4-5-12-9/h2,7,10H,3-6H2,1H3. The van der Waals surface area contributed by atoms with E-state index in [9.17, 15) is 5.11 Å². The molecular weight excluding hydrogens is 156 g/mol. The van der Waals surface area contributed by atoms with E-state index < -0.39 is 5.79 Å². The second kappa shape index (κ2) is 2.75. The predicted molar refractivity (Wildman–Crippen MR) is 43.7 cm³/mol. The molecule has 0 bridgehead atoms. The Morgan fingerprint density at radius 1 is 1.50 bits per heavy atom. The second-order valence-electron chi connectivity index (χ2n) is 3.55. The smallest absolute Gasteiger partial charge is 0.172 e. The van der Waals surface area contributed by atoms with Gasteiger partial charge in [0.15, 0.2) is 5.79 Å². The van der Waals surface area contributed by atoms with Crippen LogP contribution < -0.4 is 0 Å². The van der Waals surface area contributed by atoms with E-state index in [4.69, 9.17) is 9.47 Å². The largest absolute Gasteiger partial charge is 0.512 e. The van der Waals surface area contributed by atoms with E-state index in [1.807, 2.05) is 6.92 Å². The van der Waals surface area contributed by atoms with Crippen molar-refractivity contribution in [1.82, 2.24) is 0 Å². The van der Waals surface area contributed by atoms with Crippen LogP contribution in [0.2, 0.25) is 0 Å². The SMILES string of the molecule is CC1CC2(CC=C1O)OCCO2. The van der Waals surface area contributed by atoms with Crippen molar-refractivity contribution in [2.45, 2.75) is 25.6 Å². The normalized spacial score (nSPS) is 33.8. The fraction of sp³-hybridized carbons (Fsp3) is 0.778. The topological polar surface area (TPSA) is 38.7 Å². The van der Waals surface area contributed by atoms with Gasteiger partial charge in [-0.25, -0.2) is 0 Å². The maximum atomic E-state index is 9.37. The van der Waals surface area contributed by atoms with Crippen LogP contribution in [-0.2, 0) is 9.47 Å². The molecule has 1 N–H and O–H groups in total. The molecule has 2 rings (SSSR count). The van der Waals surface area contributed by atoms with Gasteiger partial charge in [0.1, 0.15) is 0 Å². The van der Waals surface area contributed by atoms with Crippen LogP contribution in [0.25, 0.3) is 0 Å². The van der Waals surface area contributed by atoms with E-state index in [0.717, 1.165) is 6.42 Å². The van der Waals surface area contributed by atoms with Gasteiger partial charge in [-0.15, -0.1) is 0 Å². The lowest BCUT2D eigenvalue weighted by molar-refractivity contribution is -0.170. The first kappa shape index (κ1) is 8.08. The molecule has 1 unspecified atom stereocenters. The molecule has 0 aromatic rings. The third-order valence-corrected chi connectivity index (χ3v) is 2.56. The number of hydrogen-bond donors (Lipinski definition) is 1. The van der Waals surface area contributed by atoms with Gasteiger partial charge >= 0.3 is 0 Å². The van der Waals surface area contributed by atoms with E-state index in [-0.39, 0.29) is 5.92 Å². The van der Waals surface area contributed by atoms with Crippen molar-refractivity contribution in [2.75, 3.05) is 13.2 Å². The van der Waals surface area contributed by atoms with Crippen molar-refractivity contribution >= 4 is 0 Å². The first-order valence-corrected chi connectivity index (χ1v) is 4.39. The van der Waals surface area contributed by atoms with Gasteiger partial charge in [0.2, 0.25) is 0 Å². The molecule has 1 aliphatic heterocycles. The fourth-order valence-electron chi connectivity index (χ4n) is 1.85. The van der Waals surface area contributed by atoms with E-state index in [0.29, 0.717) is 25.4 Å². The lowest BCUT2D eigenvalue weighted by Crippen LogP contribution is -2.35. The predicted octanol–water partition coefficient (Wildman–Crippen LogP) is 1.60. The Bertz CT molecular complexity index is 204. The molecule has 0 saturated carbocycles. The average molecular weight is 170 g/mol. The van der Waals surface area contributed by atoms with Crippen molar-refractivity contribution in [3.05, 3.63) is 11.8 Å². The minimum absolute atomic E-state index is 0.164. The fourth-order valence-corrected chi connectivity index (χ4v) is 1.85. The van der Waals surface area contributed by atoms with Crippen molar-refractivity contribution in [2.24, 2.45) is 5.92 Å². The summed E-state index contributed by atoms with van der Waals surface area (Å²) >= 11 is 0. The van der Waals surface area contributed by atoms with Crippen LogP contribution in [0.5, 0.6) is 0 Å². The van der Waals surface area contributed by atoms with Crippen LogP contribution in [0.1, 0.15) is 19.8 Å². The summed E-state index contributed by atoms with van der Waals surface area (Å²) in [5.41, 5.74) is 0. The van der Waals surface area contributed by atoms with E-state index >= 15 is 0 Å². The molecule has 1 heterocycles. The Balaban J connectivity index is 2.12. The van der Waals surface area contributed by atoms with Crippen molar-refractivity contribution in [3.8, 4) is 0 Å². The first-order valence-electron chi connectivity index (χ1n) is 4.39. The third kappa shape index (κ3) is 1.23. The summed E-state index contributed by atoms with van der Waals surface area (Å²) in [5, 5.41) is 9.37. The van der Waals surface area contributed by atoms with Crippen molar-refractivity contribution in [1.29, 1.82) is 0 Å². The van der Waals surface area contributed by atoms with Crippen LogP contribution in [0, 0.1) is 5.92 Å². The Hall–Kier alpha value is -0.540. The van der Waals surface area contributed by atoms with Gasteiger partial charge in [0, 0.05) is 18.8 Å². The number of hydrogen-bond acceptors (Lipinski definition) is 3. The number of aliphatic hydroxyl groups is 1. The summed E-state index contributed by atoms with van der Waals surface area (Å²) in [6, 6.07) is 0. The molecule has 2 aliphatic rings. The van der Waals surface area contributed by atoms with E-state index in [1.54, 1.807) is 6.08 Å². The minimum Gasteiger partial charge on any atom is -0.512 e. The number of aliphatic hydroxyl groups excluding tert-OH is 1. The van der Waals surface area contributed by atoms with E-state index in [2.05, 4.69) is 0 Å². The molecular formula is C9H14O3. The summed E-state index contributed by atoms with van der Waals surface area (Å²) in [7, 11) is 0. The quantitative estimate of drug-likeness (QED) is 0.600. The van der Waals surface area contributed by atoms with Crippen molar-refractivity contribution in [3.63, 3.8) is 0 Å². The first-order chi connectivity index (χ1) is 5.72. The summed E-state index contributed by atoms with van der Waals surface area (Å²) in [6.45, 7) is 3.35. The maximum absolute atomic E-state index is 9.37. The molecule has 68 valence electrons. The lowest BCUT2D eigenvalue weighted by Gasteiger charge is -2.32. The molecule has 0 amide bonds. The number of allylic oxidation sites excluding steroid dienone is 1. The van der Waals surface area contributed by atoms with Crippen LogP contribution in [0.15, 0.2) is 11.8 Å². The van der Waals surface area contributed by atoms with Gasteiger partial charge in [-0.2, -0.15) is 0 Å². The van der Waals surface area contributed by atoms with Gasteiger partial charge in [-0.1, -0.05) is 6.92 Å². The summed E-state index contributed by atoms with van der Waals surface area (Å²) in [6.07, 6.45) is 3.26. The van der Waals surface area contributed by atoms with Gasteiger partial charge in [-0.3, -0.25) is 0 Å². The zero-order chi connectivity index (χ0) is 8.60. The number of ether oxygens (including phenoxy) is 2. The van der Waals surface area contributed by atoms with Gasteiger partial charge in [0.25, 0.3) is 0 Å². The Morgan fingerprint density at radius 2 is 2.17 bits per heavy atom. The average Bonchev–Trinajstić information content (AvgIpc) is 2.47. The highest BCUT2D eigenvalue weighted by Gasteiger charge is 2.40. The summed E-state index contributed by atoms with van der Waals surface area (Å²) < 4.78 is 11.0. The molecule has 1 aliphatic carbocycles. The molecule has 1 spiro atoms. The maximum Gasteiger partial charge on any atom is 0.172 e. The van der Waals surface area contributed by atoms with Crippen LogP contribution in [-0.4, -0.2) is 24.1 Å². The molecule has 12 heavy (non-hydrogen) atoms. The molecule has 0 aromatic heterocycles. The van der Waals surface area contributed by atoms with Gasteiger partial charge in [0.05, 0.1) is 19.0 Å². The van der Waals surface area contributed by atoms with Gasteiger partial charge in [-0.05, 0) is 6.08 Å². The van der Waals surface area contributed by atoms with Crippen LogP contribution in [0.3, 0.4) is 0 Å². The third-order valence-electron chi connectivity index (χ3n) is 2.56. The highest BCUT2D eigenvalue weighted by atomic mass is 16.7. The van der Waals surface area contributed by atoms with E-state index in [1.165, 1.54) is 0 Å². The summed E-state index contributed by atoms with van der Waals surface area (Å²) in [5.74, 6) is 0.225. The zero-order valence-electron chi connectivity index (χ0n) is 7.25. The second-order valence-corrected chi connectivity index (χ2v) is 3.55. The monoisotopic (exact) mass is 170 g/mol. The van der Waals surface area contributed by atoms with Crippen molar-refractivity contribution < 1.29 is 14.6 Å². The summed E-state index contributed by atoms with van der Waals surface area (Å²) in [4.78, 5) is 0. The Morgan fingerprint density at radius 3 is 2.75 bits per heavy atom. The molecule has 1 saturated heterocycles. The van der Waals surface area contributed by atoms with Crippen LogP contribution in [0.4, 0.5) is 0 Å². The molecule has 0 radical (unpaired) electrons. The highest BCUT2D eigenvalue weighted by Crippen LogP contribution is 2.37. The highest BCUT2D eigenvalue weighted by molar-refractivity contribution is 5.05. The van der Waals surface area contributed by atoms with Gasteiger partial charge < -0.3 is 14.6 Å². The molecule has 3 nitrogen and oxygen atoms in total. The molecule has 3 heteroatoms. The molecule has 0 aromatic carbocycles. The molecule has 1 fully saturated rings. The zero-order valence-corrected chi connectivity index (χ0v) is 7.25. The Kier molecular flexibility index (Phi) is 1.85. The number of rotatable bonds is 0. The lowest BCUT2D eigenvalue weighted by atomic mass is 9.90. The Labute approximate surface area is 72.0 Å². The molecule has 1 atom stereocenters. The minimum atomic E-state index is -0.411. The van der Waals surface area contributed by atoms with Crippen LogP contribution >= 0.6 is 0 Å².